The first-order valence-corrected chi connectivity index (χ1v) is 8.04. The van der Waals surface area contributed by atoms with Gasteiger partial charge in [-0.2, -0.15) is 0 Å². The summed E-state index contributed by atoms with van der Waals surface area (Å²) in [6, 6.07) is -0.0715. The zero-order valence-electron chi connectivity index (χ0n) is 13.2. The van der Waals surface area contributed by atoms with Crippen LogP contribution in [-0.4, -0.2) is 22.8 Å². The van der Waals surface area contributed by atoms with Gasteiger partial charge in [0.25, 0.3) is 0 Å². The molecule has 3 heteroatoms. The van der Waals surface area contributed by atoms with E-state index in [4.69, 9.17) is 0 Å². The van der Waals surface area contributed by atoms with E-state index in [-0.39, 0.29) is 29.2 Å². The minimum atomic E-state index is -0.524. The number of hydrogen-bond donors (Lipinski definition) is 0. The van der Waals surface area contributed by atoms with Crippen molar-refractivity contribution in [2.75, 3.05) is 0 Å². The van der Waals surface area contributed by atoms with Gasteiger partial charge in [-0.05, 0) is 31.1 Å². The quantitative estimate of drug-likeness (QED) is 0.549. The maximum atomic E-state index is 13.1. The number of allylic oxidation sites excluding steroid dienone is 2. The number of imide groups is 1. The molecule has 2 fully saturated rings. The lowest BCUT2D eigenvalue weighted by Crippen LogP contribution is -2.47. The lowest BCUT2D eigenvalue weighted by Gasteiger charge is -2.32. The number of carbonyl (C=O) groups excluding carboxylic acids is 2. The molecule has 0 spiro atoms. The van der Waals surface area contributed by atoms with Crippen LogP contribution in [0.2, 0.25) is 0 Å². The molecular weight excluding hydrogens is 262 g/mol. The minimum absolute atomic E-state index is 0.00361. The molecule has 0 radical (unpaired) electrons. The SMILES string of the molecule is C[C@H]1[C@H](C(=O)N2C(=O)[C@]3(C)C=C[C@H]2C3(C)C)[C@@H]2C=C[C@@H]1C2. The van der Waals surface area contributed by atoms with Crippen molar-refractivity contribution in [1.82, 2.24) is 4.90 Å². The smallest absolute Gasteiger partial charge is 0.240 e. The molecule has 1 saturated heterocycles. The van der Waals surface area contributed by atoms with Crippen molar-refractivity contribution in [3.05, 3.63) is 24.3 Å². The normalized spacial score (nSPS) is 48.7. The fourth-order valence-electron chi connectivity index (χ4n) is 5.05. The molecule has 6 atom stereocenters. The first kappa shape index (κ1) is 13.3. The summed E-state index contributed by atoms with van der Waals surface area (Å²) in [4.78, 5) is 27.6. The summed E-state index contributed by atoms with van der Waals surface area (Å²) in [5, 5.41) is 0. The van der Waals surface area contributed by atoms with Crippen LogP contribution >= 0.6 is 0 Å². The van der Waals surface area contributed by atoms with Gasteiger partial charge >= 0.3 is 0 Å². The molecular formula is C18H23NO2. The summed E-state index contributed by atoms with van der Waals surface area (Å²) in [6.45, 7) is 8.35. The fraction of sp³-hybridized carbons (Fsp3) is 0.667. The summed E-state index contributed by atoms with van der Waals surface area (Å²) >= 11 is 0. The van der Waals surface area contributed by atoms with Crippen LogP contribution in [0, 0.1) is 34.5 Å². The first-order chi connectivity index (χ1) is 9.79. The molecule has 3 nitrogen and oxygen atoms in total. The maximum Gasteiger partial charge on any atom is 0.240 e. The van der Waals surface area contributed by atoms with Crippen LogP contribution in [0.25, 0.3) is 0 Å². The van der Waals surface area contributed by atoms with E-state index in [2.05, 4.69) is 39.0 Å². The van der Waals surface area contributed by atoms with Crippen LogP contribution in [-0.2, 0) is 9.59 Å². The van der Waals surface area contributed by atoms with E-state index in [0.717, 1.165) is 6.42 Å². The van der Waals surface area contributed by atoms with Crippen molar-refractivity contribution in [3.8, 4) is 0 Å². The standard InChI is InChI=1S/C18H23NO2/c1-10-11-5-6-12(9-11)14(10)15(20)19-13-7-8-18(4,16(19)21)17(13,2)3/h5-8,10-14H,9H2,1-4H3/t10-,11-,12-,13+,14+,18+/m1/s1. The van der Waals surface area contributed by atoms with Gasteiger partial charge in [0.15, 0.2) is 0 Å². The highest BCUT2D eigenvalue weighted by Gasteiger charge is 2.65. The van der Waals surface area contributed by atoms with Crippen LogP contribution in [0.4, 0.5) is 0 Å². The maximum absolute atomic E-state index is 13.1. The molecule has 4 bridgehead atoms. The van der Waals surface area contributed by atoms with E-state index >= 15 is 0 Å². The van der Waals surface area contributed by atoms with E-state index in [1.807, 2.05) is 13.0 Å². The Morgan fingerprint density at radius 2 is 1.86 bits per heavy atom. The molecule has 0 N–H and O–H groups in total. The molecule has 0 aromatic heterocycles. The van der Waals surface area contributed by atoms with Crippen LogP contribution in [0.5, 0.6) is 0 Å². The number of nitrogens with zero attached hydrogens (tertiary/aromatic N) is 1. The van der Waals surface area contributed by atoms with Crippen LogP contribution in [0.15, 0.2) is 24.3 Å². The Morgan fingerprint density at radius 3 is 2.38 bits per heavy atom. The summed E-state index contributed by atoms with van der Waals surface area (Å²) < 4.78 is 0. The second-order valence-corrected chi connectivity index (χ2v) is 8.07. The monoisotopic (exact) mass is 285 g/mol. The van der Waals surface area contributed by atoms with Gasteiger partial charge in [0.05, 0.1) is 11.5 Å². The highest BCUT2D eigenvalue weighted by molar-refractivity contribution is 6.04. The first-order valence-electron chi connectivity index (χ1n) is 8.04. The predicted octanol–water partition coefficient (Wildman–Crippen LogP) is 2.78. The molecule has 1 heterocycles. The van der Waals surface area contributed by atoms with Gasteiger partial charge in [-0.15, -0.1) is 0 Å². The Morgan fingerprint density at radius 1 is 1.19 bits per heavy atom. The van der Waals surface area contributed by atoms with Gasteiger partial charge in [-0.3, -0.25) is 14.5 Å². The lowest BCUT2D eigenvalue weighted by atomic mass is 9.70. The third-order valence-electron chi connectivity index (χ3n) is 7.01. The second-order valence-electron chi connectivity index (χ2n) is 8.07. The van der Waals surface area contributed by atoms with Gasteiger partial charge in [0, 0.05) is 11.3 Å². The van der Waals surface area contributed by atoms with Gasteiger partial charge in [0.2, 0.25) is 11.8 Å². The third kappa shape index (κ3) is 1.31. The lowest BCUT2D eigenvalue weighted by molar-refractivity contribution is -0.150. The fourth-order valence-corrected chi connectivity index (χ4v) is 5.05. The van der Waals surface area contributed by atoms with Crippen molar-refractivity contribution in [1.29, 1.82) is 0 Å². The van der Waals surface area contributed by atoms with E-state index in [9.17, 15) is 9.59 Å². The van der Waals surface area contributed by atoms with E-state index in [0.29, 0.717) is 17.8 Å². The van der Waals surface area contributed by atoms with Crippen molar-refractivity contribution >= 4 is 11.8 Å². The number of hydrogen-bond acceptors (Lipinski definition) is 2. The van der Waals surface area contributed by atoms with E-state index < -0.39 is 5.41 Å². The summed E-state index contributed by atoms with van der Waals surface area (Å²) in [5.74, 6) is 1.29. The third-order valence-corrected chi connectivity index (χ3v) is 7.01. The van der Waals surface area contributed by atoms with Crippen LogP contribution in [0.3, 0.4) is 0 Å². The molecule has 2 amide bonds. The number of fused-ring (bicyclic) bond motifs is 4. The molecule has 1 saturated carbocycles. The van der Waals surface area contributed by atoms with Crippen molar-refractivity contribution in [3.63, 3.8) is 0 Å². The Kier molecular flexibility index (Phi) is 2.33. The average molecular weight is 285 g/mol. The number of rotatable bonds is 1. The largest absolute Gasteiger partial charge is 0.274 e. The van der Waals surface area contributed by atoms with Crippen molar-refractivity contribution in [2.45, 2.75) is 40.2 Å². The van der Waals surface area contributed by atoms with Crippen LogP contribution < -0.4 is 0 Å². The van der Waals surface area contributed by atoms with Gasteiger partial charge in [-0.25, -0.2) is 0 Å². The number of likely N-dealkylation sites (tertiary alicyclic amines) is 1. The summed E-state index contributed by atoms with van der Waals surface area (Å²) in [5.41, 5.74) is -0.722. The summed E-state index contributed by atoms with van der Waals surface area (Å²) in [7, 11) is 0. The molecule has 0 aromatic carbocycles. The molecule has 4 rings (SSSR count). The highest BCUT2D eigenvalue weighted by atomic mass is 16.2. The molecule has 3 aliphatic carbocycles. The second kappa shape index (κ2) is 3.68. The Balaban J connectivity index is 1.70. The number of amides is 2. The van der Waals surface area contributed by atoms with Gasteiger partial charge in [-0.1, -0.05) is 45.1 Å². The Bertz CT molecular complexity index is 602. The molecule has 1 aliphatic heterocycles. The molecule has 4 aliphatic rings. The zero-order valence-corrected chi connectivity index (χ0v) is 13.2. The van der Waals surface area contributed by atoms with Gasteiger partial charge < -0.3 is 0 Å². The summed E-state index contributed by atoms with van der Waals surface area (Å²) in [6.07, 6.45) is 9.60. The predicted molar refractivity (Wildman–Crippen MR) is 80.1 cm³/mol. The Hall–Kier alpha value is -1.38. The van der Waals surface area contributed by atoms with Crippen LogP contribution in [0.1, 0.15) is 34.1 Å². The topological polar surface area (TPSA) is 37.4 Å². The van der Waals surface area contributed by atoms with Crippen molar-refractivity contribution < 1.29 is 9.59 Å². The zero-order chi connectivity index (χ0) is 15.2. The van der Waals surface area contributed by atoms with E-state index in [1.165, 1.54) is 0 Å². The Labute approximate surface area is 126 Å². The molecule has 21 heavy (non-hydrogen) atoms. The molecule has 112 valence electrons. The average Bonchev–Trinajstić information content (AvgIpc) is 3.09. The van der Waals surface area contributed by atoms with Crippen molar-refractivity contribution in [2.24, 2.45) is 34.5 Å². The minimum Gasteiger partial charge on any atom is -0.274 e. The van der Waals surface area contributed by atoms with Gasteiger partial charge in [0.1, 0.15) is 0 Å². The molecule has 0 aromatic rings. The number of carbonyl (C=O) groups is 2. The molecule has 0 unspecified atom stereocenters. The highest BCUT2D eigenvalue weighted by Crippen LogP contribution is 2.58. The van der Waals surface area contributed by atoms with E-state index in [1.54, 1.807) is 4.90 Å².